The number of hydroxylamine groups is 3. The molecule has 0 saturated carbocycles. The lowest BCUT2D eigenvalue weighted by Crippen LogP contribution is -3.00. The molecule has 2 rings (SSSR count). The van der Waals surface area contributed by atoms with E-state index >= 15 is 0 Å². The summed E-state index contributed by atoms with van der Waals surface area (Å²) in [5.41, 5.74) is 0.326. The van der Waals surface area contributed by atoms with Crippen LogP contribution >= 0.6 is 0 Å². The predicted octanol–water partition coefficient (Wildman–Crippen LogP) is -0.770. The summed E-state index contributed by atoms with van der Waals surface area (Å²) in [5, 5.41) is 12.0. The number of ether oxygens (including phenoxy) is 1. The van der Waals surface area contributed by atoms with Gasteiger partial charge in [0, 0.05) is 12.8 Å². The number of benzene rings is 1. The summed E-state index contributed by atoms with van der Waals surface area (Å²) in [5.74, 6) is -0.194. The van der Waals surface area contributed by atoms with E-state index in [2.05, 4.69) is 0 Å². The van der Waals surface area contributed by atoms with Crippen molar-refractivity contribution >= 4 is 5.97 Å². The van der Waals surface area contributed by atoms with E-state index in [4.69, 9.17) is 4.74 Å². The maximum Gasteiger partial charge on any atom is 0.317 e. The molecule has 0 radical (unpaired) electrons. The smallest absolute Gasteiger partial charge is 0.317 e. The van der Waals surface area contributed by atoms with E-state index in [0.29, 0.717) is 32.5 Å². The molecule has 0 atom stereocenters. The summed E-state index contributed by atoms with van der Waals surface area (Å²) < 4.78 is 4.99. The Hall–Kier alpha value is -1.10. The topological polar surface area (TPSA) is 49.4 Å². The predicted molar refractivity (Wildman–Crippen MR) is 73.3 cm³/mol. The average molecular weight is 299 g/mol. The van der Waals surface area contributed by atoms with Crippen LogP contribution in [0.4, 0.5) is 0 Å². The normalized spacial score (nSPS) is 29.4. The highest BCUT2D eigenvalue weighted by Gasteiger charge is 2.46. The van der Waals surface area contributed by atoms with Gasteiger partial charge >= 0.3 is 5.97 Å². The van der Waals surface area contributed by atoms with Crippen LogP contribution in [0.5, 0.6) is 0 Å². The highest BCUT2D eigenvalue weighted by Crippen LogP contribution is 2.38. The molecular weight excluding hydrogens is 278 g/mol. The molecule has 1 aliphatic heterocycles. The van der Waals surface area contributed by atoms with Crippen molar-refractivity contribution in [3.8, 4) is 0 Å². The average Bonchev–Trinajstić information content (AvgIpc) is 2.40. The first kappa shape index (κ1) is 17.0. The first-order valence-electron chi connectivity index (χ1n) is 6.78. The van der Waals surface area contributed by atoms with Gasteiger partial charge in [-0.25, -0.2) is 0 Å². The quantitative estimate of drug-likeness (QED) is 0.418. The number of likely N-dealkylation sites (tertiary alicyclic amines) is 1. The van der Waals surface area contributed by atoms with Crippen molar-refractivity contribution < 1.29 is 26.6 Å². The van der Waals surface area contributed by atoms with Crippen molar-refractivity contribution in [1.82, 2.24) is 0 Å². The van der Waals surface area contributed by atoms with Crippen LogP contribution in [0.25, 0.3) is 0 Å². The zero-order valence-electron chi connectivity index (χ0n) is 12.0. The lowest BCUT2D eigenvalue weighted by molar-refractivity contribution is -0.867. The summed E-state index contributed by atoms with van der Waals surface area (Å²) in [6.45, 7) is 3.09. The fraction of sp³-hybridized carbons (Fsp3) is 0.533. The van der Waals surface area contributed by atoms with Gasteiger partial charge in [0.15, 0.2) is 0 Å². The zero-order chi connectivity index (χ0) is 13.9. The van der Waals surface area contributed by atoms with Crippen LogP contribution in [0.3, 0.4) is 0 Å². The molecule has 1 fully saturated rings. The number of halogens is 1. The Bertz CT molecular complexity index is 438. The Kier molecular flexibility index (Phi) is 5.57. The largest absolute Gasteiger partial charge is 1.00 e. The number of rotatable bonds is 3. The summed E-state index contributed by atoms with van der Waals surface area (Å²) >= 11 is 0. The molecular formula is C15H21ClNO3-. The Morgan fingerprint density at radius 2 is 1.85 bits per heavy atom. The van der Waals surface area contributed by atoms with Gasteiger partial charge in [-0.3, -0.25) is 4.79 Å². The second-order valence-electron chi connectivity index (χ2n) is 5.41. The van der Waals surface area contributed by atoms with Gasteiger partial charge in [-0.2, -0.15) is 0 Å². The summed E-state index contributed by atoms with van der Waals surface area (Å²) in [7, 11) is 1.67. The minimum absolute atomic E-state index is 0. The third-order valence-electron chi connectivity index (χ3n) is 4.02. The summed E-state index contributed by atoms with van der Waals surface area (Å²) in [6, 6.07) is 9.69. The van der Waals surface area contributed by atoms with Gasteiger partial charge in [-0.15, -0.1) is 0 Å². The molecule has 0 spiro atoms. The third-order valence-corrected chi connectivity index (χ3v) is 4.02. The Morgan fingerprint density at radius 1 is 1.30 bits per heavy atom. The Balaban J connectivity index is 0.00000200. The zero-order valence-corrected chi connectivity index (χ0v) is 12.7. The highest BCUT2D eigenvalue weighted by molar-refractivity contribution is 5.83. The second-order valence-corrected chi connectivity index (χ2v) is 5.41. The number of piperidine rings is 1. The Morgan fingerprint density at radius 3 is 2.35 bits per heavy atom. The van der Waals surface area contributed by atoms with E-state index in [9.17, 15) is 10.0 Å². The molecule has 1 heterocycles. The molecule has 1 aromatic carbocycles. The lowest BCUT2D eigenvalue weighted by atomic mass is 9.72. The fourth-order valence-corrected chi connectivity index (χ4v) is 2.73. The van der Waals surface area contributed by atoms with Gasteiger partial charge < -0.3 is 27.0 Å². The molecule has 5 heteroatoms. The van der Waals surface area contributed by atoms with E-state index in [1.807, 2.05) is 37.3 Å². The number of quaternary nitrogens is 1. The number of esters is 1. The van der Waals surface area contributed by atoms with Crippen LogP contribution < -0.4 is 12.4 Å². The maximum absolute atomic E-state index is 12.4. The van der Waals surface area contributed by atoms with Crippen molar-refractivity contribution in [2.24, 2.45) is 0 Å². The molecule has 1 aromatic rings. The monoisotopic (exact) mass is 298 g/mol. The molecule has 0 bridgehead atoms. The van der Waals surface area contributed by atoms with Crippen LogP contribution in [-0.2, 0) is 14.9 Å². The van der Waals surface area contributed by atoms with Gasteiger partial charge in [0.25, 0.3) is 0 Å². The number of hydrogen-bond acceptors (Lipinski definition) is 3. The molecule has 0 unspecified atom stereocenters. The maximum atomic E-state index is 12.4. The first-order valence-corrected chi connectivity index (χ1v) is 6.78. The molecule has 112 valence electrons. The van der Waals surface area contributed by atoms with Crippen molar-refractivity contribution in [2.45, 2.75) is 25.2 Å². The number of nitrogens with zero attached hydrogens (tertiary/aromatic N) is 1. The van der Waals surface area contributed by atoms with Crippen LogP contribution in [0.15, 0.2) is 30.3 Å². The minimum Gasteiger partial charge on any atom is -1.00 e. The molecule has 4 nitrogen and oxygen atoms in total. The van der Waals surface area contributed by atoms with Gasteiger partial charge in [0.2, 0.25) is 0 Å². The third kappa shape index (κ3) is 3.32. The van der Waals surface area contributed by atoms with Crippen LogP contribution in [-0.4, -0.2) is 37.4 Å². The number of carbonyl (C=O) groups excluding carboxylic acids is 1. The van der Waals surface area contributed by atoms with Crippen molar-refractivity contribution in [1.29, 1.82) is 0 Å². The summed E-state index contributed by atoms with van der Waals surface area (Å²) in [4.78, 5) is 12.4. The van der Waals surface area contributed by atoms with E-state index in [-0.39, 0.29) is 23.0 Å². The fourth-order valence-electron chi connectivity index (χ4n) is 2.73. The number of carbonyl (C=O) groups is 1. The molecule has 0 aromatic heterocycles. The lowest BCUT2D eigenvalue weighted by Gasteiger charge is -2.48. The molecule has 1 aliphatic rings. The summed E-state index contributed by atoms with van der Waals surface area (Å²) in [6.07, 6.45) is 1.10. The SMILES string of the molecule is CCOC(=O)C1(c2ccccc2)CC[N+](C)([O-])CC1.[Cl-]. The van der Waals surface area contributed by atoms with Crippen LogP contribution in [0.1, 0.15) is 25.3 Å². The van der Waals surface area contributed by atoms with E-state index < -0.39 is 5.41 Å². The Labute approximate surface area is 126 Å². The second kappa shape index (κ2) is 6.57. The van der Waals surface area contributed by atoms with Gasteiger partial charge in [-0.05, 0) is 12.5 Å². The van der Waals surface area contributed by atoms with Crippen LogP contribution in [0.2, 0.25) is 0 Å². The standard InChI is InChI=1S/C15H21NO3.ClH/c1-3-19-14(17)15(13-7-5-4-6-8-13)9-11-16(2,18)12-10-15;/h4-8H,3,9-12H2,1-2H3;1H/p-1. The number of hydrogen-bond donors (Lipinski definition) is 0. The highest BCUT2D eigenvalue weighted by atomic mass is 35.5. The van der Waals surface area contributed by atoms with E-state index in [0.717, 1.165) is 5.56 Å². The molecule has 0 N–H and O–H groups in total. The first-order chi connectivity index (χ1) is 9.00. The van der Waals surface area contributed by atoms with E-state index in [1.165, 1.54) is 0 Å². The van der Waals surface area contributed by atoms with Crippen LogP contribution in [0, 0.1) is 5.21 Å². The molecule has 0 aliphatic carbocycles. The minimum atomic E-state index is -0.639. The molecule has 20 heavy (non-hydrogen) atoms. The molecule has 1 saturated heterocycles. The molecule has 0 amide bonds. The van der Waals surface area contributed by atoms with Gasteiger partial charge in [0.1, 0.15) is 5.41 Å². The van der Waals surface area contributed by atoms with Crippen molar-refractivity contribution in [3.05, 3.63) is 41.1 Å². The van der Waals surface area contributed by atoms with Gasteiger partial charge in [-0.1, -0.05) is 30.3 Å². The van der Waals surface area contributed by atoms with Gasteiger partial charge in [0.05, 0.1) is 26.7 Å². The van der Waals surface area contributed by atoms with Crippen molar-refractivity contribution in [2.75, 3.05) is 26.7 Å². The van der Waals surface area contributed by atoms with E-state index in [1.54, 1.807) is 7.05 Å². The van der Waals surface area contributed by atoms with Crippen molar-refractivity contribution in [3.63, 3.8) is 0 Å².